The molecule has 0 heterocycles. The summed E-state index contributed by atoms with van der Waals surface area (Å²) in [5.74, 6) is 0.722. The van der Waals surface area contributed by atoms with E-state index in [4.69, 9.17) is 0 Å². The minimum Gasteiger partial charge on any atom is -0.0886 e. The smallest absolute Gasteiger partial charge is 0.0290 e. The number of hydrogen-bond acceptors (Lipinski definition) is 0. The highest BCUT2D eigenvalue weighted by Crippen LogP contribution is 1.93. The van der Waals surface area contributed by atoms with Crippen LogP contribution < -0.4 is 0 Å². The lowest BCUT2D eigenvalue weighted by atomic mass is 10.2. The fraction of sp³-hybridized carbons (Fsp3) is 0.684. The van der Waals surface area contributed by atoms with Crippen LogP contribution in [0.1, 0.15) is 82.6 Å². The van der Waals surface area contributed by atoms with Crippen molar-refractivity contribution in [3.63, 3.8) is 0 Å². The van der Waals surface area contributed by atoms with Gasteiger partial charge in [-0.3, -0.25) is 0 Å². The first-order valence-corrected chi connectivity index (χ1v) is 8.09. The molecule has 0 aliphatic rings. The van der Waals surface area contributed by atoms with Gasteiger partial charge in [-0.25, -0.2) is 0 Å². The Labute approximate surface area is 125 Å². The van der Waals surface area contributed by atoms with Crippen LogP contribution in [-0.4, -0.2) is 0 Å². The maximum Gasteiger partial charge on any atom is -0.0290 e. The van der Waals surface area contributed by atoms with E-state index in [2.05, 4.69) is 32.9 Å². The van der Waals surface area contributed by atoms with Gasteiger partial charge in [-0.2, -0.15) is 0 Å². The Hall–Kier alpha value is -0.780. The third-order valence-electron chi connectivity index (χ3n) is 1.25. The van der Waals surface area contributed by atoms with Gasteiger partial charge in [0.1, 0.15) is 0 Å². The molecule has 19 heavy (non-hydrogen) atoms. The van der Waals surface area contributed by atoms with Crippen molar-refractivity contribution in [2.75, 3.05) is 0 Å². The molecule has 0 unspecified atom stereocenters. The second-order valence-corrected chi connectivity index (χ2v) is 3.13. The summed E-state index contributed by atoms with van der Waals surface area (Å²) in [7, 11) is 0. The zero-order valence-electron chi connectivity index (χ0n) is 15.7. The molecular weight excluding hydrogens is 228 g/mol. The van der Waals surface area contributed by atoms with E-state index in [1.54, 1.807) is 0 Å². The van der Waals surface area contributed by atoms with Crippen LogP contribution in [-0.2, 0) is 0 Å². The van der Waals surface area contributed by atoms with Gasteiger partial charge >= 0.3 is 0 Å². The van der Waals surface area contributed by atoms with Crippen LogP contribution >= 0.6 is 0 Å². The summed E-state index contributed by atoms with van der Waals surface area (Å²) in [5.41, 5.74) is 0. The Morgan fingerprint density at radius 2 is 1.05 bits per heavy atom. The predicted octanol–water partition coefficient (Wildman–Crippen LogP) is 7.83. The van der Waals surface area contributed by atoms with Crippen molar-refractivity contribution in [1.82, 2.24) is 0 Å². The molecule has 118 valence electrons. The standard InChI is InChI=1S/C7H14.C6H10.3C2H6/c1-4-5-6-7(2)3;1-3-5-6-4-2;3*1-2/h5-7H,4H2,1-3H3;3-6H,1-2H3;3*1-2H3/b6-5-;5-3-,6-4-;;;. The van der Waals surface area contributed by atoms with Crippen LogP contribution in [0.15, 0.2) is 36.5 Å². The van der Waals surface area contributed by atoms with E-state index in [-0.39, 0.29) is 0 Å². The van der Waals surface area contributed by atoms with E-state index in [9.17, 15) is 0 Å². The maximum absolute atomic E-state index is 2.22. The van der Waals surface area contributed by atoms with Crippen molar-refractivity contribution in [2.24, 2.45) is 5.92 Å². The molecule has 0 fully saturated rings. The van der Waals surface area contributed by atoms with Crippen LogP contribution in [0.4, 0.5) is 0 Å². The molecule has 0 saturated carbocycles. The van der Waals surface area contributed by atoms with Crippen molar-refractivity contribution in [3.05, 3.63) is 36.5 Å². The Kier molecular flexibility index (Phi) is 86.7. The number of rotatable bonds is 3. The first kappa shape index (κ1) is 30.9. The molecule has 0 heteroatoms. The Morgan fingerprint density at radius 1 is 0.737 bits per heavy atom. The third kappa shape index (κ3) is 103. The summed E-state index contributed by atoms with van der Waals surface area (Å²) in [6, 6.07) is 0. The highest BCUT2D eigenvalue weighted by molar-refractivity contribution is 4.98. The first-order valence-electron chi connectivity index (χ1n) is 8.09. The highest BCUT2D eigenvalue weighted by Gasteiger charge is 1.78. The second kappa shape index (κ2) is 53.3. The van der Waals surface area contributed by atoms with Gasteiger partial charge in [0.2, 0.25) is 0 Å². The van der Waals surface area contributed by atoms with Gasteiger partial charge in [0.25, 0.3) is 0 Å². The normalized spacial score (nSPS) is 8.84. The topological polar surface area (TPSA) is 0 Å². The van der Waals surface area contributed by atoms with Crippen molar-refractivity contribution < 1.29 is 0 Å². The molecular formula is C19H42. The van der Waals surface area contributed by atoms with Gasteiger partial charge in [-0.15, -0.1) is 0 Å². The van der Waals surface area contributed by atoms with Crippen molar-refractivity contribution in [3.8, 4) is 0 Å². The van der Waals surface area contributed by atoms with E-state index < -0.39 is 0 Å². The molecule has 0 rings (SSSR count). The number of hydrogen-bond donors (Lipinski definition) is 0. The van der Waals surface area contributed by atoms with E-state index in [0.29, 0.717) is 0 Å². The van der Waals surface area contributed by atoms with Gasteiger partial charge in [-0.1, -0.05) is 98.8 Å². The molecule has 0 aromatic rings. The van der Waals surface area contributed by atoms with Gasteiger partial charge in [0.15, 0.2) is 0 Å². The van der Waals surface area contributed by atoms with Gasteiger partial charge in [-0.05, 0) is 26.2 Å². The maximum atomic E-state index is 2.22. The molecule has 0 N–H and O–H groups in total. The van der Waals surface area contributed by atoms with E-state index >= 15 is 0 Å². The summed E-state index contributed by atoms with van der Waals surface area (Å²) in [6.45, 7) is 22.5. The minimum atomic E-state index is 0.722. The van der Waals surface area contributed by atoms with Crippen molar-refractivity contribution in [2.45, 2.75) is 82.6 Å². The highest BCUT2D eigenvalue weighted by atomic mass is 13.8. The molecule has 0 spiro atoms. The lowest BCUT2D eigenvalue weighted by Crippen LogP contribution is -1.74. The van der Waals surface area contributed by atoms with Crippen LogP contribution in [0, 0.1) is 5.92 Å². The molecule has 0 aromatic heterocycles. The molecule has 0 aliphatic carbocycles. The molecule has 0 nitrogen and oxygen atoms in total. The predicted molar refractivity (Wildman–Crippen MR) is 97.9 cm³/mol. The molecule has 0 aliphatic heterocycles. The summed E-state index contributed by atoms with van der Waals surface area (Å²) in [6.07, 6.45) is 13.6. The summed E-state index contributed by atoms with van der Waals surface area (Å²) in [4.78, 5) is 0. The van der Waals surface area contributed by atoms with E-state index in [1.807, 2.05) is 79.7 Å². The Morgan fingerprint density at radius 3 is 1.16 bits per heavy atom. The van der Waals surface area contributed by atoms with Crippen LogP contribution in [0.3, 0.4) is 0 Å². The average molecular weight is 271 g/mol. The zero-order valence-corrected chi connectivity index (χ0v) is 15.7. The Balaban J connectivity index is -0.0000000495. The van der Waals surface area contributed by atoms with Crippen LogP contribution in [0.5, 0.6) is 0 Å². The largest absolute Gasteiger partial charge is 0.0886 e. The molecule has 0 aromatic carbocycles. The SMILES string of the molecule is C/C=C\C=C/C.CC.CC.CC.CC/C=C\C(C)C. The minimum absolute atomic E-state index is 0.722. The van der Waals surface area contributed by atoms with Gasteiger partial charge in [0, 0.05) is 0 Å². The molecule has 0 atom stereocenters. The second-order valence-electron chi connectivity index (χ2n) is 3.13. The summed E-state index contributed by atoms with van der Waals surface area (Å²) < 4.78 is 0. The molecule has 0 radical (unpaired) electrons. The van der Waals surface area contributed by atoms with Crippen LogP contribution in [0.25, 0.3) is 0 Å². The lowest BCUT2D eigenvalue weighted by Gasteiger charge is -1.88. The fourth-order valence-electron chi connectivity index (χ4n) is 0.630. The average Bonchev–Trinajstić information content (AvgIpc) is 2.49. The molecule has 0 amide bonds. The zero-order chi connectivity index (χ0) is 16.5. The third-order valence-corrected chi connectivity index (χ3v) is 1.25. The quantitative estimate of drug-likeness (QED) is 0.362. The first-order chi connectivity index (χ1) is 9.18. The van der Waals surface area contributed by atoms with Crippen LogP contribution in [0.2, 0.25) is 0 Å². The van der Waals surface area contributed by atoms with E-state index in [0.717, 1.165) is 12.3 Å². The Bertz CT molecular complexity index is 137. The summed E-state index contributed by atoms with van der Waals surface area (Å²) in [5, 5.41) is 0. The van der Waals surface area contributed by atoms with Crippen molar-refractivity contribution in [1.29, 1.82) is 0 Å². The van der Waals surface area contributed by atoms with Crippen molar-refractivity contribution >= 4 is 0 Å². The molecule has 0 bridgehead atoms. The number of allylic oxidation sites excluding steroid dienone is 6. The van der Waals surface area contributed by atoms with E-state index in [1.165, 1.54) is 0 Å². The summed E-state index contributed by atoms with van der Waals surface area (Å²) >= 11 is 0. The lowest BCUT2D eigenvalue weighted by molar-refractivity contribution is 0.826. The molecule has 0 saturated heterocycles. The fourth-order valence-corrected chi connectivity index (χ4v) is 0.630. The monoisotopic (exact) mass is 270 g/mol. The van der Waals surface area contributed by atoms with Gasteiger partial charge in [0.05, 0.1) is 0 Å². The van der Waals surface area contributed by atoms with Gasteiger partial charge < -0.3 is 0 Å².